The number of hydrogen-bond donors (Lipinski definition) is 1. The molecule has 0 aliphatic rings. The fourth-order valence-corrected chi connectivity index (χ4v) is 2.47. The van der Waals surface area contributed by atoms with Gasteiger partial charge in [0, 0.05) is 35.4 Å². The molecule has 18 heavy (non-hydrogen) atoms. The molecule has 2 rings (SSSR count). The predicted molar refractivity (Wildman–Crippen MR) is 75.7 cm³/mol. The van der Waals surface area contributed by atoms with Gasteiger partial charge < -0.3 is 10.6 Å². The Kier molecular flexibility index (Phi) is 4.28. The topological polar surface area (TPSA) is 55.0 Å². The highest BCUT2D eigenvalue weighted by Gasteiger charge is 2.10. The second-order valence-electron chi connectivity index (χ2n) is 4.08. The molecule has 0 aliphatic carbocycles. The zero-order chi connectivity index (χ0) is 13.0. The Morgan fingerprint density at radius 2 is 2.28 bits per heavy atom. The fourth-order valence-electron chi connectivity index (χ4n) is 1.75. The van der Waals surface area contributed by atoms with E-state index < -0.39 is 0 Å². The van der Waals surface area contributed by atoms with Crippen LogP contribution in [0.3, 0.4) is 0 Å². The van der Waals surface area contributed by atoms with Crippen LogP contribution in [0.25, 0.3) is 0 Å². The first-order valence-corrected chi connectivity index (χ1v) is 6.92. The quantitative estimate of drug-likeness (QED) is 0.898. The minimum Gasteiger partial charge on any atom is -0.336 e. The molecule has 0 bridgehead atoms. The molecule has 4 nitrogen and oxygen atoms in total. The van der Waals surface area contributed by atoms with E-state index in [2.05, 4.69) is 39.3 Å². The van der Waals surface area contributed by atoms with E-state index in [0.717, 1.165) is 30.3 Å². The number of nitrogens with two attached hydrogens (primary N) is 1. The van der Waals surface area contributed by atoms with Crippen LogP contribution in [0.15, 0.2) is 23.7 Å². The van der Waals surface area contributed by atoms with E-state index in [1.807, 2.05) is 13.1 Å². The van der Waals surface area contributed by atoms with E-state index in [1.54, 1.807) is 11.3 Å². The third kappa shape index (κ3) is 2.86. The van der Waals surface area contributed by atoms with Crippen molar-refractivity contribution < 1.29 is 0 Å². The van der Waals surface area contributed by atoms with E-state index >= 15 is 0 Å². The van der Waals surface area contributed by atoms with Gasteiger partial charge in [-0.15, -0.1) is 11.3 Å². The lowest BCUT2D eigenvalue weighted by atomic mass is 10.2. The molecule has 2 aromatic heterocycles. The van der Waals surface area contributed by atoms with E-state index in [9.17, 15) is 0 Å². The third-order valence-corrected chi connectivity index (χ3v) is 3.74. The molecule has 0 atom stereocenters. The lowest BCUT2D eigenvalue weighted by Crippen LogP contribution is -2.24. The Morgan fingerprint density at radius 1 is 1.44 bits per heavy atom. The molecule has 2 aromatic rings. The van der Waals surface area contributed by atoms with Crippen LogP contribution in [-0.4, -0.2) is 16.5 Å². The lowest BCUT2D eigenvalue weighted by molar-refractivity contribution is 0.789. The molecule has 0 saturated carbocycles. The van der Waals surface area contributed by atoms with E-state index in [-0.39, 0.29) is 0 Å². The summed E-state index contributed by atoms with van der Waals surface area (Å²) in [5, 5.41) is 2.09. The summed E-state index contributed by atoms with van der Waals surface area (Å²) < 4.78 is 0. The lowest BCUT2D eigenvalue weighted by Gasteiger charge is -2.20. The van der Waals surface area contributed by atoms with Crippen LogP contribution in [0, 0.1) is 6.92 Å². The van der Waals surface area contributed by atoms with Gasteiger partial charge in [-0.1, -0.05) is 6.07 Å². The normalized spacial score (nSPS) is 10.6. The molecule has 0 fully saturated rings. The molecule has 0 radical (unpaired) electrons. The molecular weight excluding hydrogens is 244 g/mol. The summed E-state index contributed by atoms with van der Waals surface area (Å²) in [5.41, 5.74) is 7.60. The van der Waals surface area contributed by atoms with Crippen molar-refractivity contribution in [3.8, 4) is 0 Å². The van der Waals surface area contributed by atoms with E-state index in [0.29, 0.717) is 6.54 Å². The van der Waals surface area contributed by atoms with Gasteiger partial charge in [0.25, 0.3) is 0 Å². The fraction of sp³-hybridized carbons (Fsp3) is 0.385. The smallest absolute Gasteiger partial charge is 0.225 e. The zero-order valence-electron chi connectivity index (χ0n) is 10.8. The summed E-state index contributed by atoms with van der Waals surface area (Å²) in [5.74, 6) is 0.778. The Hall–Kier alpha value is -1.46. The second-order valence-corrected chi connectivity index (χ2v) is 5.11. The molecule has 0 saturated heterocycles. The zero-order valence-corrected chi connectivity index (χ0v) is 11.6. The third-order valence-electron chi connectivity index (χ3n) is 2.88. The van der Waals surface area contributed by atoms with Gasteiger partial charge in [0.1, 0.15) is 0 Å². The van der Waals surface area contributed by atoms with Gasteiger partial charge in [-0.05, 0) is 25.3 Å². The van der Waals surface area contributed by atoms with Gasteiger partial charge in [-0.3, -0.25) is 0 Å². The number of nitrogens with zero attached hydrogens (tertiary/aromatic N) is 3. The maximum absolute atomic E-state index is 5.63. The van der Waals surface area contributed by atoms with Crippen LogP contribution in [0.1, 0.15) is 23.1 Å². The maximum atomic E-state index is 5.63. The Morgan fingerprint density at radius 3 is 2.83 bits per heavy atom. The number of hydrogen-bond acceptors (Lipinski definition) is 5. The first-order valence-electron chi connectivity index (χ1n) is 6.04. The minimum absolute atomic E-state index is 0.489. The largest absolute Gasteiger partial charge is 0.336 e. The van der Waals surface area contributed by atoms with Gasteiger partial charge in [0.15, 0.2) is 0 Å². The number of rotatable bonds is 5. The first-order chi connectivity index (χ1) is 8.74. The molecule has 0 spiro atoms. The maximum Gasteiger partial charge on any atom is 0.225 e. The van der Waals surface area contributed by atoms with Crippen molar-refractivity contribution in [2.45, 2.75) is 26.9 Å². The monoisotopic (exact) mass is 262 g/mol. The number of anilines is 1. The molecule has 2 N–H and O–H groups in total. The summed E-state index contributed by atoms with van der Waals surface area (Å²) in [6.07, 6.45) is 1.83. The molecule has 0 aromatic carbocycles. The molecule has 0 aliphatic heterocycles. The average Bonchev–Trinajstić information content (AvgIpc) is 2.88. The number of thiophene rings is 1. The van der Waals surface area contributed by atoms with Crippen molar-refractivity contribution in [2.75, 3.05) is 11.4 Å². The van der Waals surface area contributed by atoms with Crippen molar-refractivity contribution in [3.63, 3.8) is 0 Å². The van der Waals surface area contributed by atoms with Crippen LogP contribution >= 0.6 is 11.3 Å². The molecule has 0 amide bonds. The first kappa shape index (κ1) is 13.0. The van der Waals surface area contributed by atoms with Crippen LogP contribution in [0.2, 0.25) is 0 Å². The van der Waals surface area contributed by atoms with Crippen molar-refractivity contribution in [2.24, 2.45) is 5.73 Å². The van der Waals surface area contributed by atoms with Crippen molar-refractivity contribution in [1.82, 2.24) is 9.97 Å². The summed E-state index contributed by atoms with van der Waals surface area (Å²) >= 11 is 1.76. The Bertz CT molecular complexity index is 496. The number of aryl methyl sites for hydroxylation is 1. The van der Waals surface area contributed by atoms with Crippen LogP contribution in [0.5, 0.6) is 0 Å². The standard InChI is InChI=1S/C13H18N4S/c1-3-17(9-12-5-4-6-18-12)13-15-8-11(7-14)10(2)16-13/h4-6,8H,3,7,9,14H2,1-2H3. The summed E-state index contributed by atoms with van der Waals surface area (Å²) in [6.45, 7) is 6.33. The molecule has 96 valence electrons. The molecule has 0 unspecified atom stereocenters. The van der Waals surface area contributed by atoms with Crippen molar-refractivity contribution in [1.29, 1.82) is 0 Å². The summed E-state index contributed by atoms with van der Waals surface area (Å²) in [7, 11) is 0. The average molecular weight is 262 g/mol. The predicted octanol–water partition coefficient (Wildman–Crippen LogP) is 2.33. The van der Waals surface area contributed by atoms with Gasteiger partial charge in [0.05, 0.1) is 6.54 Å². The van der Waals surface area contributed by atoms with E-state index in [4.69, 9.17) is 5.73 Å². The van der Waals surface area contributed by atoms with Crippen LogP contribution in [0.4, 0.5) is 5.95 Å². The minimum atomic E-state index is 0.489. The van der Waals surface area contributed by atoms with Gasteiger partial charge in [0.2, 0.25) is 5.95 Å². The van der Waals surface area contributed by atoms with Gasteiger partial charge >= 0.3 is 0 Å². The van der Waals surface area contributed by atoms with Gasteiger partial charge in [-0.2, -0.15) is 0 Å². The molecular formula is C13H18N4S. The number of aromatic nitrogens is 2. The van der Waals surface area contributed by atoms with Gasteiger partial charge in [-0.25, -0.2) is 9.97 Å². The van der Waals surface area contributed by atoms with Crippen LogP contribution in [-0.2, 0) is 13.1 Å². The van der Waals surface area contributed by atoms with Crippen molar-refractivity contribution in [3.05, 3.63) is 39.8 Å². The van der Waals surface area contributed by atoms with Crippen LogP contribution < -0.4 is 10.6 Å². The summed E-state index contributed by atoms with van der Waals surface area (Å²) in [6, 6.07) is 4.20. The highest BCUT2D eigenvalue weighted by molar-refractivity contribution is 7.09. The molecule has 2 heterocycles. The van der Waals surface area contributed by atoms with E-state index in [1.165, 1.54) is 4.88 Å². The SMILES string of the molecule is CCN(Cc1cccs1)c1ncc(CN)c(C)n1. The molecule has 5 heteroatoms. The second kappa shape index (κ2) is 5.93. The summed E-state index contributed by atoms with van der Waals surface area (Å²) in [4.78, 5) is 12.4. The highest BCUT2D eigenvalue weighted by Crippen LogP contribution is 2.17. The Balaban J connectivity index is 2.19. The Labute approximate surface area is 111 Å². The van der Waals surface area contributed by atoms with Crippen molar-refractivity contribution >= 4 is 17.3 Å². The highest BCUT2D eigenvalue weighted by atomic mass is 32.1.